The van der Waals surface area contributed by atoms with E-state index in [9.17, 15) is 14.0 Å². The van der Waals surface area contributed by atoms with Gasteiger partial charge in [-0.15, -0.1) is 5.10 Å². The summed E-state index contributed by atoms with van der Waals surface area (Å²) in [6.45, 7) is 7.42. The third kappa shape index (κ3) is 4.61. The summed E-state index contributed by atoms with van der Waals surface area (Å²) in [5.41, 5.74) is 2.27. The summed E-state index contributed by atoms with van der Waals surface area (Å²) in [5, 5.41) is 4.58. The third-order valence-electron chi connectivity index (χ3n) is 5.76. The molecule has 1 aromatic heterocycles. The van der Waals surface area contributed by atoms with E-state index in [1.165, 1.54) is 12.1 Å². The molecule has 0 atom stereocenters. The number of carbonyl (C=O) groups is 2. The molecule has 0 bridgehead atoms. The lowest BCUT2D eigenvalue weighted by Gasteiger charge is -2.34. The number of aromatic nitrogens is 3. The van der Waals surface area contributed by atoms with Crippen LogP contribution in [0.15, 0.2) is 42.5 Å². The van der Waals surface area contributed by atoms with Crippen molar-refractivity contribution in [1.82, 2.24) is 24.6 Å². The second-order valence-electron chi connectivity index (χ2n) is 8.32. The normalized spacial score (nSPS) is 14.1. The van der Waals surface area contributed by atoms with Crippen LogP contribution in [0, 0.1) is 12.7 Å². The summed E-state index contributed by atoms with van der Waals surface area (Å²) < 4.78 is 15.0. The quantitative estimate of drug-likeness (QED) is 0.577. The van der Waals surface area contributed by atoms with E-state index in [1.54, 1.807) is 14.5 Å². The van der Waals surface area contributed by atoms with Gasteiger partial charge < -0.3 is 9.80 Å². The van der Waals surface area contributed by atoms with E-state index >= 15 is 0 Å². The van der Waals surface area contributed by atoms with Crippen molar-refractivity contribution in [3.63, 3.8) is 0 Å². The van der Waals surface area contributed by atoms with Crippen LogP contribution in [0.4, 0.5) is 4.39 Å². The number of hydrogen-bond acceptors (Lipinski definition) is 4. The van der Waals surface area contributed by atoms with Crippen LogP contribution < -0.4 is 0 Å². The molecule has 1 fully saturated rings. The Hall–Kier alpha value is -3.26. The van der Waals surface area contributed by atoms with Crippen LogP contribution in [0.25, 0.3) is 5.69 Å². The number of rotatable bonds is 4. The van der Waals surface area contributed by atoms with Gasteiger partial charge >= 0.3 is 0 Å². The molecular formula is C24H25ClFN5O2. The predicted octanol–water partition coefficient (Wildman–Crippen LogP) is 4.09. The summed E-state index contributed by atoms with van der Waals surface area (Å²) in [6.07, 6.45) is 0. The minimum atomic E-state index is -0.495. The SMILES string of the molecule is Cc1nc(C(=O)N2CCN(C(=O)c3ccc(F)cc3Cl)CC2)nn1-c1ccccc1C(C)C. The van der Waals surface area contributed by atoms with Crippen molar-refractivity contribution < 1.29 is 14.0 Å². The van der Waals surface area contributed by atoms with Crippen LogP contribution in [-0.4, -0.2) is 62.6 Å². The van der Waals surface area contributed by atoms with Crippen molar-refractivity contribution in [2.24, 2.45) is 0 Å². The Morgan fingerprint density at radius 2 is 1.64 bits per heavy atom. The van der Waals surface area contributed by atoms with Gasteiger partial charge in [-0.2, -0.15) is 0 Å². The molecule has 0 unspecified atom stereocenters. The van der Waals surface area contributed by atoms with Crippen molar-refractivity contribution >= 4 is 23.4 Å². The van der Waals surface area contributed by atoms with Crippen molar-refractivity contribution in [1.29, 1.82) is 0 Å². The van der Waals surface area contributed by atoms with E-state index < -0.39 is 5.82 Å². The molecule has 2 aromatic carbocycles. The van der Waals surface area contributed by atoms with Crippen molar-refractivity contribution in [3.8, 4) is 5.69 Å². The zero-order valence-electron chi connectivity index (χ0n) is 18.8. The number of amides is 2. The fourth-order valence-corrected chi connectivity index (χ4v) is 4.21. The summed E-state index contributed by atoms with van der Waals surface area (Å²) in [5.74, 6) is 0.00875. The maximum Gasteiger partial charge on any atom is 0.293 e. The van der Waals surface area contributed by atoms with E-state index in [2.05, 4.69) is 23.9 Å². The van der Waals surface area contributed by atoms with Crippen LogP contribution in [-0.2, 0) is 0 Å². The minimum Gasteiger partial charge on any atom is -0.335 e. The lowest BCUT2D eigenvalue weighted by molar-refractivity contribution is 0.0529. The van der Waals surface area contributed by atoms with Crippen molar-refractivity contribution in [3.05, 3.63) is 76.1 Å². The highest BCUT2D eigenvalue weighted by Gasteiger charge is 2.29. The number of para-hydroxylation sites is 1. The number of nitrogens with zero attached hydrogens (tertiary/aromatic N) is 5. The maximum absolute atomic E-state index is 13.3. The Balaban J connectivity index is 1.47. The van der Waals surface area contributed by atoms with Gasteiger partial charge in [0, 0.05) is 26.2 Å². The standard InChI is InChI=1S/C24H25ClFN5O2/c1-15(2)18-6-4-5-7-21(18)31-16(3)27-22(28-31)24(33)30-12-10-29(11-13-30)23(32)19-9-8-17(26)14-20(19)25/h4-9,14-15H,10-13H2,1-3H3. The van der Waals surface area contributed by atoms with Gasteiger partial charge in [-0.3, -0.25) is 9.59 Å². The number of benzene rings is 2. The number of piperazine rings is 1. The summed E-state index contributed by atoms with van der Waals surface area (Å²) in [7, 11) is 0. The smallest absolute Gasteiger partial charge is 0.293 e. The molecular weight excluding hydrogens is 445 g/mol. The van der Waals surface area contributed by atoms with E-state index in [-0.39, 0.29) is 28.2 Å². The zero-order chi connectivity index (χ0) is 23.7. The number of carbonyl (C=O) groups excluding carboxylic acids is 2. The summed E-state index contributed by atoms with van der Waals surface area (Å²) >= 11 is 6.03. The predicted molar refractivity (Wildman–Crippen MR) is 123 cm³/mol. The van der Waals surface area contributed by atoms with E-state index in [0.717, 1.165) is 17.3 Å². The Morgan fingerprint density at radius 3 is 2.27 bits per heavy atom. The molecule has 0 N–H and O–H groups in total. The first-order valence-electron chi connectivity index (χ1n) is 10.8. The van der Waals surface area contributed by atoms with E-state index in [4.69, 9.17) is 11.6 Å². The second-order valence-corrected chi connectivity index (χ2v) is 8.72. The van der Waals surface area contributed by atoms with Crippen LogP contribution in [0.1, 0.15) is 52.1 Å². The van der Waals surface area contributed by atoms with Gasteiger partial charge in [0.15, 0.2) is 0 Å². The van der Waals surface area contributed by atoms with Crippen LogP contribution >= 0.6 is 11.6 Å². The molecule has 0 radical (unpaired) electrons. The minimum absolute atomic E-state index is 0.0744. The molecule has 9 heteroatoms. The van der Waals surface area contributed by atoms with Crippen LogP contribution in [0.2, 0.25) is 5.02 Å². The van der Waals surface area contributed by atoms with Gasteiger partial charge in [-0.25, -0.2) is 14.1 Å². The average Bonchev–Trinajstić information content (AvgIpc) is 3.19. The van der Waals surface area contributed by atoms with Gasteiger partial charge in [0.1, 0.15) is 11.6 Å². The van der Waals surface area contributed by atoms with Gasteiger partial charge in [0.05, 0.1) is 16.3 Å². The van der Waals surface area contributed by atoms with E-state index in [1.807, 2.05) is 31.2 Å². The highest BCUT2D eigenvalue weighted by Crippen LogP contribution is 2.24. The molecule has 4 rings (SSSR count). The van der Waals surface area contributed by atoms with Gasteiger partial charge in [-0.1, -0.05) is 43.6 Å². The Kier molecular flexibility index (Phi) is 6.47. The fraction of sp³-hybridized carbons (Fsp3) is 0.333. The number of aryl methyl sites for hydroxylation is 1. The highest BCUT2D eigenvalue weighted by molar-refractivity contribution is 6.33. The topological polar surface area (TPSA) is 71.3 Å². The van der Waals surface area contributed by atoms with Crippen molar-refractivity contribution in [2.45, 2.75) is 26.7 Å². The third-order valence-corrected chi connectivity index (χ3v) is 6.08. The van der Waals surface area contributed by atoms with E-state index in [0.29, 0.717) is 37.9 Å². The first-order valence-corrected chi connectivity index (χ1v) is 11.2. The molecule has 0 spiro atoms. The number of hydrogen-bond donors (Lipinski definition) is 0. The van der Waals surface area contributed by atoms with Crippen molar-refractivity contribution in [2.75, 3.05) is 26.2 Å². The molecule has 2 amide bonds. The maximum atomic E-state index is 13.3. The summed E-state index contributed by atoms with van der Waals surface area (Å²) in [4.78, 5) is 33.5. The lowest BCUT2D eigenvalue weighted by Crippen LogP contribution is -2.50. The number of halogens is 2. The van der Waals surface area contributed by atoms with Crippen LogP contribution in [0.3, 0.4) is 0 Å². The molecule has 0 aliphatic carbocycles. The molecule has 0 saturated carbocycles. The molecule has 33 heavy (non-hydrogen) atoms. The molecule has 3 aromatic rings. The average molecular weight is 470 g/mol. The largest absolute Gasteiger partial charge is 0.335 e. The van der Waals surface area contributed by atoms with Gasteiger partial charge in [-0.05, 0) is 42.7 Å². The summed E-state index contributed by atoms with van der Waals surface area (Å²) in [6, 6.07) is 11.6. The van der Waals surface area contributed by atoms with Crippen LogP contribution in [0.5, 0.6) is 0 Å². The highest BCUT2D eigenvalue weighted by atomic mass is 35.5. The fourth-order valence-electron chi connectivity index (χ4n) is 3.96. The second kappa shape index (κ2) is 9.31. The first kappa shape index (κ1) is 22.9. The Bertz CT molecular complexity index is 1200. The van der Waals surface area contributed by atoms with Gasteiger partial charge in [0.2, 0.25) is 5.82 Å². The zero-order valence-corrected chi connectivity index (χ0v) is 19.5. The molecule has 2 heterocycles. The molecule has 172 valence electrons. The molecule has 7 nitrogen and oxygen atoms in total. The first-order chi connectivity index (χ1) is 15.8. The van der Waals surface area contributed by atoms with Gasteiger partial charge in [0.25, 0.3) is 11.8 Å². The molecule has 1 aliphatic rings. The Labute approximate surface area is 196 Å². The monoisotopic (exact) mass is 469 g/mol. The molecule has 1 saturated heterocycles. The Morgan fingerprint density at radius 1 is 1.00 bits per heavy atom. The lowest BCUT2D eigenvalue weighted by atomic mass is 10.0. The molecule has 1 aliphatic heterocycles.